The van der Waals surface area contributed by atoms with Crippen LogP contribution in [0, 0.1) is 5.92 Å². The number of epoxide rings is 1. The quantitative estimate of drug-likeness (QED) is 0.0684. The van der Waals surface area contributed by atoms with E-state index in [1.165, 1.54) is 86.6 Å². The zero-order valence-corrected chi connectivity index (χ0v) is 25.1. The first-order valence-electron chi connectivity index (χ1n) is 15.0. The molecule has 0 aromatic heterocycles. The van der Waals surface area contributed by atoms with E-state index in [4.69, 9.17) is 14.2 Å². The molecule has 0 bridgehead atoms. The van der Waals surface area contributed by atoms with Crippen molar-refractivity contribution in [1.29, 1.82) is 0 Å². The van der Waals surface area contributed by atoms with Crippen molar-refractivity contribution in [2.24, 2.45) is 5.92 Å². The number of hydrogen-bond donors (Lipinski definition) is 0. The predicted octanol–water partition coefficient (Wildman–Crippen LogP) is 7.66. The molecule has 2 fully saturated rings. The van der Waals surface area contributed by atoms with Crippen molar-refractivity contribution in [3.63, 3.8) is 0 Å². The Morgan fingerprint density at radius 2 is 1.84 bits per heavy atom. The second kappa shape index (κ2) is 15.2. The smallest absolute Gasteiger partial charge is 0.333 e. The molecule has 1 saturated carbocycles. The standard InChI is InChI=1S/C32H52O4Si/c1-6-7-9-12-26-13-15-27(16-14-26)28-17-18-31(29(21-28)22-36-32(33)25(2)3)37(4,5)20-11-8-10-19-34-23-30-24-35-30/h17-18,21,26-27,30H,2,6-16,19-20,22-24H2,1,3-5H3. The van der Waals surface area contributed by atoms with Crippen molar-refractivity contribution in [3.05, 3.63) is 41.5 Å². The molecule has 1 aliphatic heterocycles. The van der Waals surface area contributed by atoms with Crippen LogP contribution in [0.25, 0.3) is 0 Å². The van der Waals surface area contributed by atoms with Gasteiger partial charge in [0.25, 0.3) is 0 Å². The van der Waals surface area contributed by atoms with Gasteiger partial charge in [0, 0.05) is 12.2 Å². The largest absolute Gasteiger partial charge is 0.457 e. The maximum absolute atomic E-state index is 12.2. The molecule has 5 heteroatoms. The van der Waals surface area contributed by atoms with Gasteiger partial charge in [-0.1, -0.05) is 94.6 Å². The highest BCUT2D eigenvalue weighted by molar-refractivity contribution is 6.90. The number of rotatable bonds is 17. The molecule has 1 atom stereocenters. The summed E-state index contributed by atoms with van der Waals surface area (Å²) in [4.78, 5) is 12.2. The maximum Gasteiger partial charge on any atom is 0.333 e. The molecule has 208 valence electrons. The third-order valence-electron chi connectivity index (χ3n) is 8.40. The molecule has 3 rings (SSSR count). The van der Waals surface area contributed by atoms with E-state index in [1.54, 1.807) is 6.92 Å². The highest BCUT2D eigenvalue weighted by Gasteiger charge is 2.28. The molecule has 0 amide bonds. The van der Waals surface area contributed by atoms with Gasteiger partial charge in [-0.05, 0) is 62.0 Å². The summed E-state index contributed by atoms with van der Waals surface area (Å²) in [6.45, 7) is 15.5. The maximum atomic E-state index is 12.2. The van der Waals surface area contributed by atoms with E-state index in [1.807, 2.05) is 0 Å². The van der Waals surface area contributed by atoms with Gasteiger partial charge in [-0.2, -0.15) is 0 Å². The van der Waals surface area contributed by atoms with Crippen LogP contribution in [-0.2, 0) is 25.6 Å². The zero-order valence-electron chi connectivity index (χ0n) is 24.1. The Balaban J connectivity index is 1.59. The SMILES string of the molecule is C=C(C)C(=O)OCc1cc(C2CCC(CCCCC)CC2)ccc1[Si](C)(C)CCCCCOCC1CO1. The summed E-state index contributed by atoms with van der Waals surface area (Å²) in [6, 6.07) is 8.40. The first-order valence-corrected chi connectivity index (χ1v) is 18.2. The Bertz CT molecular complexity index is 852. The summed E-state index contributed by atoms with van der Waals surface area (Å²) in [5.41, 5.74) is 3.13. The summed E-state index contributed by atoms with van der Waals surface area (Å²) in [5.74, 6) is 1.26. The lowest BCUT2D eigenvalue weighted by atomic mass is 9.77. The van der Waals surface area contributed by atoms with Crippen molar-refractivity contribution in [3.8, 4) is 0 Å². The molecule has 1 aliphatic carbocycles. The highest BCUT2D eigenvalue weighted by Crippen LogP contribution is 2.38. The fourth-order valence-corrected chi connectivity index (χ4v) is 8.79. The molecule has 1 aromatic rings. The Hall–Kier alpha value is -1.43. The number of hydrogen-bond acceptors (Lipinski definition) is 4. The Kier molecular flexibility index (Phi) is 12.4. The van der Waals surface area contributed by atoms with Gasteiger partial charge in [-0.3, -0.25) is 0 Å². The van der Waals surface area contributed by atoms with Crippen LogP contribution in [0.3, 0.4) is 0 Å². The number of unbranched alkanes of at least 4 members (excludes halogenated alkanes) is 4. The minimum atomic E-state index is -1.68. The van der Waals surface area contributed by atoms with Crippen LogP contribution in [0.2, 0.25) is 19.1 Å². The van der Waals surface area contributed by atoms with Crippen LogP contribution < -0.4 is 5.19 Å². The summed E-state index contributed by atoms with van der Waals surface area (Å²) >= 11 is 0. The lowest BCUT2D eigenvalue weighted by Crippen LogP contribution is -2.43. The van der Waals surface area contributed by atoms with Crippen molar-refractivity contribution in [2.45, 2.75) is 122 Å². The lowest BCUT2D eigenvalue weighted by molar-refractivity contribution is -0.140. The molecule has 0 spiro atoms. The summed E-state index contributed by atoms with van der Waals surface area (Å²) in [6.07, 6.45) is 14.6. The van der Waals surface area contributed by atoms with E-state index in [0.717, 1.165) is 32.2 Å². The topological polar surface area (TPSA) is 48.1 Å². The minimum absolute atomic E-state index is 0.292. The summed E-state index contributed by atoms with van der Waals surface area (Å²) < 4.78 is 16.6. The van der Waals surface area contributed by atoms with Crippen LogP contribution in [-0.4, -0.2) is 40.0 Å². The van der Waals surface area contributed by atoms with Gasteiger partial charge in [-0.25, -0.2) is 4.79 Å². The first-order chi connectivity index (χ1) is 17.8. The van der Waals surface area contributed by atoms with Gasteiger partial charge in [0.2, 0.25) is 0 Å². The van der Waals surface area contributed by atoms with Gasteiger partial charge in [0.15, 0.2) is 0 Å². The van der Waals surface area contributed by atoms with Crippen LogP contribution in [0.5, 0.6) is 0 Å². The third-order valence-corrected chi connectivity index (χ3v) is 11.9. The number of ether oxygens (including phenoxy) is 3. The monoisotopic (exact) mass is 528 g/mol. The summed E-state index contributed by atoms with van der Waals surface area (Å²) in [7, 11) is -1.68. The summed E-state index contributed by atoms with van der Waals surface area (Å²) in [5, 5.41) is 1.45. The molecule has 1 saturated heterocycles. The molecule has 37 heavy (non-hydrogen) atoms. The van der Waals surface area contributed by atoms with Gasteiger partial charge in [0.1, 0.15) is 12.7 Å². The van der Waals surface area contributed by atoms with E-state index in [0.29, 0.717) is 24.2 Å². The number of benzene rings is 1. The van der Waals surface area contributed by atoms with Crippen LogP contribution in [0.15, 0.2) is 30.4 Å². The molecule has 0 N–H and O–H groups in total. The number of carbonyl (C=O) groups is 1. The second-order valence-corrected chi connectivity index (χ2v) is 17.0. The molecule has 1 unspecified atom stereocenters. The molecule has 4 nitrogen and oxygen atoms in total. The second-order valence-electron chi connectivity index (χ2n) is 12.2. The van der Waals surface area contributed by atoms with Crippen molar-refractivity contribution in [2.75, 3.05) is 19.8 Å². The Morgan fingerprint density at radius 1 is 1.08 bits per heavy atom. The molecular weight excluding hydrogens is 476 g/mol. The van der Waals surface area contributed by atoms with E-state index in [-0.39, 0.29) is 5.97 Å². The number of carbonyl (C=O) groups excluding carboxylic acids is 1. The fourth-order valence-electron chi connectivity index (χ4n) is 5.84. The first kappa shape index (κ1) is 30.1. The van der Waals surface area contributed by atoms with Crippen molar-refractivity contribution in [1.82, 2.24) is 0 Å². The zero-order chi connectivity index (χ0) is 26.7. The third kappa shape index (κ3) is 10.3. The normalized spacial score (nSPS) is 21.6. The molecule has 0 radical (unpaired) electrons. The van der Waals surface area contributed by atoms with Crippen LogP contribution >= 0.6 is 0 Å². The van der Waals surface area contributed by atoms with Gasteiger partial charge >= 0.3 is 5.97 Å². The fraction of sp³-hybridized carbons (Fsp3) is 0.719. The van der Waals surface area contributed by atoms with Crippen LogP contribution in [0.1, 0.15) is 102 Å². The highest BCUT2D eigenvalue weighted by atomic mass is 28.3. The molecule has 1 heterocycles. The average Bonchev–Trinajstić information content (AvgIpc) is 3.71. The van der Waals surface area contributed by atoms with Gasteiger partial charge < -0.3 is 14.2 Å². The molecule has 1 aromatic carbocycles. The Morgan fingerprint density at radius 3 is 2.51 bits per heavy atom. The van der Waals surface area contributed by atoms with Crippen molar-refractivity contribution < 1.29 is 19.0 Å². The average molecular weight is 529 g/mol. The lowest BCUT2D eigenvalue weighted by Gasteiger charge is -2.31. The van der Waals surface area contributed by atoms with Gasteiger partial charge in [0.05, 0.1) is 21.3 Å². The van der Waals surface area contributed by atoms with Crippen LogP contribution in [0.4, 0.5) is 0 Å². The van der Waals surface area contributed by atoms with Gasteiger partial charge in [-0.15, -0.1) is 0 Å². The van der Waals surface area contributed by atoms with E-state index < -0.39 is 8.07 Å². The van der Waals surface area contributed by atoms with E-state index in [9.17, 15) is 4.79 Å². The minimum Gasteiger partial charge on any atom is -0.457 e. The van der Waals surface area contributed by atoms with E-state index in [2.05, 4.69) is 44.8 Å². The number of esters is 1. The molecular formula is C32H52O4Si. The van der Waals surface area contributed by atoms with E-state index >= 15 is 0 Å². The Labute approximate surface area is 227 Å². The predicted molar refractivity (Wildman–Crippen MR) is 156 cm³/mol. The van der Waals surface area contributed by atoms with Crippen molar-refractivity contribution >= 4 is 19.2 Å². The molecule has 2 aliphatic rings.